The lowest BCUT2D eigenvalue weighted by Crippen LogP contribution is -2.33. The van der Waals surface area contributed by atoms with Gasteiger partial charge in [-0.15, -0.1) is 0 Å². The van der Waals surface area contributed by atoms with Gasteiger partial charge in [0, 0.05) is 32.1 Å². The average molecular weight is 280 g/mol. The van der Waals surface area contributed by atoms with Gasteiger partial charge >= 0.3 is 5.97 Å². The standard InChI is InChI=1S/C14H20N2O4/c1-9-8-16(2)11(13(9)14(18)19)6-12(17)15-7-10-4-3-5-20-10/h8,10H,3-7H2,1-2H3,(H,15,17)(H,18,19)/t10-/m0/s1. The van der Waals surface area contributed by atoms with E-state index in [1.165, 1.54) is 0 Å². The van der Waals surface area contributed by atoms with Crippen molar-refractivity contribution < 1.29 is 19.4 Å². The highest BCUT2D eigenvalue weighted by molar-refractivity contribution is 5.93. The van der Waals surface area contributed by atoms with Gasteiger partial charge in [-0.1, -0.05) is 0 Å². The summed E-state index contributed by atoms with van der Waals surface area (Å²) in [5.41, 5.74) is 1.42. The number of amides is 1. The molecule has 1 aromatic rings. The number of hydrogen-bond donors (Lipinski definition) is 2. The fourth-order valence-electron chi connectivity index (χ4n) is 2.59. The highest BCUT2D eigenvalue weighted by atomic mass is 16.5. The number of carbonyl (C=O) groups is 2. The van der Waals surface area contributed by atoms with Crippen LogP contribution in [0.2, 0.25) is 0 Å². The van der Waals surface area contributed by atoms with Crippen LogP contribution in [0.25, 0.3) is 0 Å². The van der Waals surface area contributed by atoms with Gasteiger partial charge in [0.15, 0.2) is 0 Å². The second-order valence-corrected chi connectivity index (χ2v) is 5.17. The zero-order chi connectivity index (χ0) is 14.7. The monoisotopic (exact) mass is 280 g/mol. The van der Waals surface area contributed by atoms with Gasteiger partial charge in [-0.05, 0) is 25.3 Å². The molecular weight excluding hydrogens is 260 g/mol. The first-order valence-electron chi connectivity index (χ1n) is 6.75. The quantitative estimate of drug-likeness (QED) is 0.838. The van der Waals surface area contributed by atoms with Crippen molar-refractivity contribution >= 4 is 11.9 Å². The first-order valence-corrected chi connectivity index (χ1v) is 6.75. The molecule has 1 amide bonds. The van der Waals surface area contributed by atoms with Crippen LogP contribution in [0, 0.1) is 6.92 Å². The van der Waals surface area contributed by atoms with Crippen molar-refractivity contribution in [2.24, 2.45) is 7.05 Å². The Morgan fingerprint density at radius 1 is 1.55 bits per heavy atom. The Labute approximate surface area is 117 Å². The Kier molecular flexibility index (Phi) is 4.44. The largest absolute Gasteiger partial charge is 0.478 e. The predicted octanol–water partition coefficient (Wildman–Crippen LogP) is 0.869. The zero-order valence-electron chi connectivity index (χ0n) is 11.8. The summed E-state index contributed by atoms with van der Waals surface area (Å²) in [7, 11) is 1.75. The van der Waals surface area contributed by atoms with Crippen molar-refractivity contribution in [3.05, 3.63) is 23.0 Å². The van der Waals surface area contributed by atoms with Crippen LogP contribution >= 0.6 is 0 Å². The van der Waals surface area contributed by atoms with Crippen LogP contribution in [0.5, 0.6) is 0 Å². The number of ether oxygens (including phenoxy) is 1. The summed E-state index contributed by atoms with van der Waals surface area (Å²) in [5.74, 6) is -1.17. The topological polar surface area (TPSA) is 80.6 Å². The minimum absolute atomic E-state index is 0.0681. The number of hydrogen-bond acceptors (Lipinski definition) is 3. The van der Waals surface area contributed by atoms with E-state index >= 15 is 0 Å². The lowest BCUT2D eigenvalue weighted by Gasteiger charge is -2.11. The molecule has 2 N–H and O–H groups in total. The number of carboxylic acids is 1. The Balaban J connectivity index is 1.98. The van der Waals surface area contributed by atoms with Crippen molar-refractivity contribution in [3.8, 4) is 0 Å². The average Bonchev–Trinajstić information content (AvgIpc) is 2.96. The second-order valence-electron chi connectivity index (χ2n) is 5.17. The third-order valence-corrected chi connectivity index (χ3v) is 3.59. The molecule has 20 heavy (non-hydrogen) atoms. The van der Waals surface area contributed by atoms with E-state index in [0.29, 0.717) is 17.8 Å². The molecule has 6 heteroatoms. The number of nitrogens with one attached hydrogen (secondary N) is 1. The summed E-state index contributed by atoms with van der Waals surface area (Å²) in [6, 6.07) is 0. The first kappa shape index (κ1) is 14.6. The number of aryl methyl sites for hydroxylation is 2. The maximum absolute atomic E-state index is 11.9. The lowest BCUT2D eigenvalue weighted by atomic mass is 10.1. The van der Waals surface area contributed by atoms with E-state index in [1.807, 2.05) is 0 Å². The van der Waals surface area contributed by atoms with Crippen LogP contribution in [0.1, 0.15) is 34.5 Å². The number of carbonyl (C=O) groups excluding carboxylic acids is 1. The minimum atomic E-state index is -0.995. The van der Waals surface area contributed by atoms with Gasteiger partial charge < -0.3 is 19.7 Å². The van der Waals surface area contributed by atoms with Crippen LogP contribution in [-0.2, 0) is 23.0 Å². The molecule has 110 valence electrons. The molecule has 0 spiro atoms. The molecule has 1 atom stereocenters. The Hall–Kier alpha value is -1.82. The second kappa shape index (κ2) is 6.09. The molecule has 1 saturated heterocycles. The predicted molar refractivity (Wildman–Crippen MR) is 72.8 cm³/mol. The molecule has 1 fully saturated rings. The molecule has 1 aliphatic heterocycles. The third-order valence-electron chi connectivity index (χ3n) is 3.59. The van der Waals surface area contributed by atoms with E-state index in [4.69, 9.17) is 4.74 Å². The summed E-state index contributed by atoms with van der Waals surface area (Å²) in [5, 5.41) is 12.0. The number of nitrogens with zero attached hydrogens (tertiary/aromatic N) is 1. The van der Waals surface area contributed by atoms with Gasteiger partial charge in [0.1, 0.15) is 0 Å². The van der Waals surface area contributed by atoms with Crippen molar-refractivity contribution in [2.45, 2.75) is 32.3 Å². The summed E-state index contributed by atoms with van der Waals surface area (Å²) in [4.78, 5) is 23.2. The molecule has 0 unspecified atom stereocenters. The van der Waals surface area contributed by atoms with Crippen LogP contribution in [0.4, 0.5) is 0 Å². The summed E-state index contributed by atoms with van der Waals surface area (Å²) >= 11 is 0. The Morgan fingerprint density at radius 3 is 2.90 bits per heavy atom. The Morgan fingerprint density at radius 2 is 2.30 bits per heavy atom. The fourth-order valence-corrected chi connectivity index (χ4v) is 2.59. The van der Waals surface area contributed by atoms with E-state index in [-0.39, 0.29) is 24.0 Å². The highest BCUT2D eigenvalue weighted by Crippen LogP contribution is 2.17. The minimum Gasteiger partial charge on any atom is -0.478 e. The number of aromatic nitrogens is 1. The molecule has 2 rings (SSSR count). The molecular formula is C14H20N2O4. The van der Waals surface area contributed by atoms with Crippen molar-refractivity contribution in [1.29, 1.82) is 0 Å². The fraction of sp³-hybridized carbons (Fsp3) is 0.571. The normalized spacial score (nSPS) is 18.2. The summed E-state index contributed by atoms with van der Waals surface area (Å²) in [6.07, 6.45) is 3.88. The van der Waals surface area contributed by atoms with Crippen LogP contribution in [0.3, 0.4) is 0 Å². The molecule has 0 aliphatic carbocycles. The van der Waals surface area contributed by atoms with Crippen LogP contribution in [-0.4, -0.2) is 40.8 Å². The molecule has 0 bridgehead atoms. The van der Waals surface area contributed by atoms with Crippen molar-refractivity contribution in [1.82, 2.24) is 9.88 Å². The SMILES string of the molecule is Cc1cn(C)c(CC(=O)NC[C@@H]2CCCO2)c1C(=O)O. The van der Waals surface area contributed by atoms with Gasteiger partial charge in [0.2, 0.25) is 5.91 Å². The molecule has 0 radical (unpaired) electrons. The maximum atomic E-state index is 11.9. The number of carboxylic acid groups (broad SMARTS) is 1. The van der Waals surface area contributed by atoms with Crippen LogP contribution < -0.4 is 5.32 Å². The van der Waals surface area contributed by atoms with E-state index in [2.05, 4.69) is 5.32 Å². The molecule has 2 heterocycles. The third kappa shape index (κ3) is 3.19. The first-order chi connectivity index (χ1) is 9.49. The van der Waals surface area contributed by atoms with Crippen molar-refractivity contribution in [3.63, 3.8) is 0 Å². The van der Waals surface area contributed by atoms with E-state index in [0.717, 1.165) is 19.4 Å². The van der Waals surface area contributed by atoms with E-state index < -0.39 is 5.97 Å². The molecule has 6 nitrogen and oxygen atoms in total. The van der Waals surface area contributed by atoms with Gasteiger partial charge in [0.05, 0.1) is 18.1 Å². The Bertz CT molecular complexity index is 515. The van der Waals surface area contributed by atoms with E-state index in [1.54, 1.807) is 24.7 Å². The molecule has 0 aromatic carbocycles. The molecule has 1 aromatic heterocycles. The molecule has 1 aliphatic rings. The van der Waals surface area contributed by atoms with Gasteiger partial charge in [-0.25, -0.2) is 4.79 Å². The smallest absolute Gasteiger partial charge is 0.337 e. The van der Waals surface area contributed by atoms with E-state index in [9.17, 15) is 14.7 Å². The summed E-state index contributed by atoms with van der Waals surface area (Å²) in [6.45, 7) is 2.97. The summed E-state index contributed by atoms with van der Waals surface area (Å²) < 4.78 is 7.13. The lowest BCUT2D eigenvalue weighted by molar-refractivity contribution is -0.121. The van der Waals surface area contributed by atoms with Gasteiger partial charge in [0.25, 0.3) is 0 Å². The number of aromatic carboxylic acids is 1. The van der Waals surface area contributed by atoms with Crippen molar-refractivity contribution in [2.75, 3.05) is 13.2 Å². The zero-order valence-corrected chi connectivity index (χ0v) is 11.8. The maximum Gasteiger partial charge on any atom is 0.337 e. The van der Waals surface area contributed by atoms with Crippen LogP contribution in [0.15, 0.2) is 6.20 Å². The van der Waals surface area contributed by atoms with Gasteiger partial charge in [-0.3, -0.25) is 4.79 Å². The number of rotatable bonds is 5. The highest BCUT2D eigenvalue weighted by Gasteiger charge is 2.21. The molecule has 0 saturated carbocycles. The van der Waals surface area contributed by atoms with Gasteiger partial charge in [-0.2, -0.15) is 0 Å².